The summed E-state index contributed by atoms with van der Waals surface area (Å²) in [5.74, 6) is 1.65. The predicted molar refractivity (Wildman–Crippen MR) is 139 cm³/mol. The molecule has 1 aromatic heterocycles. The van der Waals surface area contributed by atoms with E-state index in [2.05, 4.69) is 32.5 Å². The number of fused-ring (bicyclic) bond motifs is 3. The van der Waals surface area contributed by atoms with E-state index < -0.39 is 16.2 Å². The molecule has 0 spiro atoms. The second-order valence-corrected chi connectivity index (χ2v) is 12.4. The highest BCUT2D eigenvalue weighted by Crippen LogP contribution is 2.42. The second-order valence-electron chi connectivity index (χ2n) is 9.73. The van der Waals surface area contributed by atoms with Crippen LogP contribution in [0.5, 0.6) is 0 Å². The minimum absolute atomic E-state index is 0. The minimum atomic E-state index is -3.86. The number of nitrogens with zero attached hydrogens (tertiary/aromatic N) is 2. The van der Waals surface area contributed by atoms with Crippen LogP contribution in [-0.4, -0.2) is 61.3 Å². The van der Waals surface area contributed by atoms with Gasteiger partial charge in [0.25, 0.3) is 5.91 Å². The molecule has 1 aromatic carbocycles. The number of benzene rings is 1. The minimum Gasteiger partial charge on any atom is -0.412 e. The van der Waals surface area contributed by atoms with E-state index in [1.165, 1.54) is 15.6 Å². The Balaban J connectivity index is 0.00000304. The number of hydrogen-bond donors (Lipinski definition) is 3. The van der Waals surface area contributed by atoms with Crippen LogP contribution < -0.4 is 15.4 Å². The third kappa shape index (κ3) is 6.05. The van der Waals surface area contributed by atoms with Crippen LogP contribution in [0, 0.1) is 23.7 Å². The van der Waals surface area contributed by atoms with Crippen molar-refractivity contribution in [2.75, 3.05) is 26.2 Å². The molecular weight excluding hydrogens is 502 g/mol. The summed E-state index contributed by atoms with van der Waals surface area (Å²) in [5.41, 5.74) is 0.821. The molecule has 0 unspecified atom stereocenters. The summed E-state index contributed by atoms with van der Waals surface area (Å²) < 4.78 is 29.8. The van der Waals surface area contributed by atoms with Crippen LogP contribution in [0.1, 0.15) is 41.9 Å². The van der Waals surface area contributed by atoms with Gasteiger partial charge in [0.2, 0.25) is 0 Å². The SMILES string of the molecule is O.O=C(NC[C@@H]1C[C@@H]2C=C[C@@H]1C2)NS(=O)(=O)N1CCC(CCNC(=O)c2nc3ccccc3s2)CC1. The zero-order chi connectivity index (χ0) is 24.4. The first-order valence-electron chi connectivity index (χ1n) is 12.2. The molecule has 0 radical (unpaired) electrons. The van der Waals surface area contributed by atoms with Gasteiger partial charge in [-0.3, -0.25) is 4.79 Å². The fraction of sp³-hybridized carbons (Fsp3) is 0.542. The molecule has 2 bridgehead atoms. The van der Waals surface area contributed by atoms with E-state index >= 15 is 0 Å². The summed E-state index contributed by atoms with van der Waals surface area (Å²) in [6.45, 7) is 1.73. The van der Waals surface area contributed by atoms with E-state index in [9.17, 15) is 18.0 Å². The van der Waals surface area contributed by atoms with Gasteiger partial charge in [0, 0.05) is 26.2 Å². The summed E-state index contributed by atoms with van der Waals surface area (Å²) in [6.07, 6.45) is 8.82. The van der Waals surface area contributed by atoms with Gasteiger partial charge in [-0.25, -0.2) is 14.5 Å². The van der Waals surface area contributed by atoms with Crippen molar-refractivity contribution < 1.29 is 23.5 Å². The Morgan fingerprint density at radius 3 is 2.56 bits per heavy atom. The lowest BCUT2D eigenvalue weighted by Gasteiger charge is -2.31. The highest BCUT2D eigenvalue weighted by Gasteiger charge is 2.36. The standard InChI is InChI=1S/C24H31N5O4S2.H2O/c30-22(23-27-20-3-1-2-4-21(20)34-23)25-10-7-16-8-11-29(12-9-16)35(32,33)28-24(31)26-15-19-14-17-5-6-18(19)13-17;/h1-6,16-19H,7-15H2,(H,25,30)(H2,26,28,31);1H2/t17-,18-,19+;/m1./s1. The Morgan fingerprint density at radius 1 is 1.08 bits per heavy atom. The van der Waals surface area contributed by atoms with Crippen LogP contribution in [-0.2, 0) is 10.2 Å². The highest BCUT2D eigenvalue weighted by molar-refractivity contribution is 7.87. The molecule has 2 heterocycles. The van der Waals surface area contributed by atoms with Crippen molar-refractivity contribution in [1.82, 2.24) is 24.6 Å². The van der Waals surface area contributed by atoms with Gasteiger partial charge in [0.05, 0.1) is 10.2 Å². The lowest BCUT2D eigenvalue weighted by Crippen LogP contribution is -2.50. The van der Waals surface area contributed by atoms with Gasteiger partial charge >= 0.3 is 16.2 Å². The van der Waals surface area contributed by atoms with Crippen LogP contribution in [0.25, 0.3) is 10.2 Å². The van der Waals surface area contributed by atoms with Crippen molar-refractivity contribution in [2.45, 2.75) is 32.1 Å². The maximum absolute atomic E-state index is 12.6. The largest absolute Gasteiger partial charge is 0.412 e. The maximum atomic E-state index is 12.6. The summed E-state index contributed by atoms with van der Waals surface area (Å²) >= 11 is 1.37. The lowest BCUT2D eigenvalue weighted by atomic mass is 9.94. The number of hydrogen-bond acceptors (Lipinski definition) is 6. The molecule has 5 N–H and O–H groups in total. The zero-order valence-corrected chi connectivity index (χ0v) is 21.6. The number of urea groups is 1. The summed E-state index contributed by atoms with van der Waals surface area (Å²) in [7, 11) is -3.86. The number of thiazole rings is 1. The monoisotopic (exact) mass is 535 g/mol. The number of aromatic nitrogens is 1. The Kier molecular flexibility index (Phi) is 8.28. The third-order valence-electron chi connectivity index (χ3n) is 7.40. The molecule has 196 valence electrons. The van der Waals surface area contributed by atoms with Crippen molar-refractivity contribution in [3.05, 3.63) is 41.4 Å². The van der Waals surface area contributed by atoms with Gasteiger partial charge in [-0.15, -0.1) is 11.3 Å². The molecule has 3 aliphatic rings. The van der Waals surface area contributed by atoms with Gasteiger partial charge < -0.3 is 16.1 Å². The van der Waals surface area contributed by atoms with Crippen molar-refractivity contribution in [3.63, 3.8) is 0 Å². The topological polar surface area (TPSA) is 152 Å². The van der Waals surface area contributed by atoms with Crippen LogP contribution in [0.2, 0.25) is 0 Å². The number of nitrogens with one attached hydrogen (secondary N) is 3. The van der Waals surface area contributed by atoms with Gasteiger partial charge in [-0.1, -0.05) is 24.3 Å². The molecule has 1 saturated heterocycles. The van der Waals surface area contributed by atoms with Crippen LogP contribution in [0.3, 0.4) is 0 Å². The van der Waals surface area contributed by atoms with Crippen LogP contribution in [0.4, 0.5) is 4.79 Å². The van der Waals surface area contributed by atoms with Crippen molar-refractivity contribution >= 4 is 43.7 Å². The van der Waals surface area contributed by atoms with E-state index in [1.54, 1.807) is 0 Å². The van der Waals surface area contributed by atoms with E-state index in [0.717, 1.165) is 29.5 Å². The van der Waals surface area contributed by atoms with E-state index in [0.29, 0.717) is 67.7 Å². The van der Waals surface area contributed by atoms with Gasteiger partial charge in [-0.2, -0.15) is 12.7 Å². The van der Waals surface area contributed by atoms with Crippen molar-refractivity contribution in [2.24, 2.45) is 23.7 Å². The fourth-order valence-corrected chi connectivity index (χ4v) is 7.45. The average Bonchev–Trinajstić information content (AvgIpc) is 3.58. The smallest absolute Gasteiger partial charge is 0.329 e. The van der Waals surface area contributed by atoms with Crippen molar-refractivity contribution in [1.29, 1.82) is 0 Å². The zero-order valence-electron chi connectivity index (χ0n) is 20.0. The van der Waals surface area contributed by atoms with Crippen LogP contribution in [0.15, 0.2) is 36.4 Å². The molecule has 5 rings (SSSR count). The maximum Gasteiger partial charge on any atom is 0.329 e. The first-order chi connectivity index (χ1) is 16.9. The van der Waals surface area contributed by atoms with Gasteiger partial charge in [0.15, 0.2) is 5.01 Å². The number of allylic oxidation sites excluding steroid dienone is 2. The van der Waals surface area contributed by atoms with Gasteiger partial charge in [-0.05, 0) is 67.9 Å². The quantitative estimate of drug-likeness (QED) is 0.442. The molecule has 2 aromatic rings. The fourth-order valence-electron chi connectivity index (χ4n) is 5.44. The first kappa shape index (κ1) is 26.5. The molecule has 12 heteroatoms. The Hall–Kier alpha value is -2.54. The van der Waals surface area contributed by atoms with E-state index in [-0.39, 0.29) is 11.4 Å². The van der Waals surface area contributed by atoms with Gasteiger partial charge in [0.1, 0.15) is 0 Å². The molecule has 1 saturated carbocycles. The number of para-hydroxylation sites is 1. The summed E-state index contributed by atoms with van der Waals surface area (Å²) in [6, 6.07) is 7.00. The number of carbonyl (C=O) groups excluding carboxylic acids is 2. The lowest BCUT2D eigenvalue weighted by molar-refractivity contribution is 0.0949. The number of rotatable bonds is 8. The Labute approximate surface area is 215 Å². The van der Waals surface area contributed by atoms with Crippen molar-refractivity contribution in [3.8, 4) is 0 Å². The molecule has 3 atom stereocenters. The third-order valence-corrected chi connectivity index (χ3v) is 9.93. The molecule has 2 fully saturated rings. The van der Waals surface area contributed by atoms with E-state index in [4.69, 9.17) is 0 Å². The predicted octanol–water partition coefficient (Wildman–Crippen LogP) is 2.06. The molecule has 2 aliphatic carbocycles. The normalized spacial score (nSPS) is 23.9. The summed E-state index contributed by atoms with van der Waals surface area (Å²) in [5, 5.41) is 6.12. The van der Waals surface area contributed by atoms with Crippen LogP contribution >= 0.6 is 11.3 Å². The number of piperidine rings is 1. The second kappa shape index (κ2) is 11.2. The number of amides is 3. The molecule has 36 heavy (non-hydrogen) atoms. The van der Waals surface area contributed by atoms with E-state index in [1.807, 2.05) is 24.3 Å². The molecule has 1 aliphatic heterocycles. The highest BCUT2D eigenvalue weighted by atomic mass is 32.2. The Morgan fingerprint density at radius 2 is 1.86 bits per heavy atom. The molecular formula is C24H33N5O5S2. The molecule has 10 nitrogen and oxygen atoms in total. The molecule has 3 amide bonds. The number of carbonyl (C=O) groups is 2. The Bertz CT molecular complexity index is 1190. The summed E-state index contributed by atoms with van der Waals surface area (Å²) in [4.78, 5) is 29.0. The average molecular weight is 536 g/mol. The first-order valence-corrected chi connectivity index (χ1v) is 14.5.